The Kier molecular flexibility index (Phi) is 7.25. The Bertz CT molecular complexity index is 1190. The lowest BCUT2D eigenvalue weighted by Crippen LogP contribution is -2.13. The predicted molar refractivity (Wildman–Crippen MR) is 122 cm³/mol. The van der Waals surface area contributed by atoms with Gasteiger partial charge < -0.3 is 14.8 Å². The van der Waals surface area contributed by atoms with Crippen LogP contribution in [0.15, 0.2) is 66.2 Å². The van der Waals surface area contributed by atoms with Crippen molar-refractivity contribution in [2.24, 2.45) is 0 Å². The first-order valence-electron chi connectivity index (χ1n) is 9.95. The second kappa shape index (κ2) is 10.3. The minimum atomic E-state index is -0.602. The van der Waals surface area contributed by atoms with Gasteiger partial charge in [-0.3, -0.25) is 4.79 Å². The summed E-state index contributed by atoms with van der Waals surface area (Å²) in [6, 6.07) is 18.5. The fraction of sp³-hybridized carbons (Fsp3) is 0.154. The number of carbonyl (C=O) groups excluding carboxylic acids is 1. The average Bonchev–Trinajstić information content (AvgIpc) is 2.80. The highest BCUT2D eigenvalue weighted by Crippen LogP contribution is 2.28. The molecule has 0 aliphatic carbocycles. The molecule has 0 aliphatic rings. The molecule has 0 heterocycles. The van der Waals surface area contributed by atoms with Crippen LogP contribution in [0.2, 0.25) is 0 Å². The van der Waals surface area contributed by atoms with Gasteiger partial charge in [-0.2, -0.15) is 5.26 Å². The summed E-state index contributed by atoms with van der Waals surface area (Å²) < 4.78 is 24.4. The smallest absolute Gasteiger partial charge is 0.266 e. The number of amides is 1. The molecule has 0 spiro atoms. The van der Waals surface area contributed by atoms with Crippen LogP contribution in [-0.4, -0.2) is 13.0 Å². The molecule has 0 unspecified atom stereocenters. The van der Waals surface area contributed by atoms with Crippen LogP contribution in [0.1, 0.15) is 22.3 Å². The van der Waals surface area contributed by atoms with Gasteiger partial charge in [0.25, 0.3) is 5.91 Å². The van der Waals surface area contributed by atoms with Gasteiger partial charge in [-0.15, -0.1) is 0 Å². The summed E-state index contributed by atoms with van der Waals surface area (Å²) in [6.07, 6.45) is 1.45. The molecule has 5 nitrogen and oxygen atoms in total. The Morgan fingerprint density at radius 3 is 2.47 bits per heavy atom. The van der Waals surface area contributed by atoms with Crippen LogP contribution < -0.4 is 14.8 Å². The number of hydrogen-bond donors (Lipinski definition) is 1. The van der Waals surface area contributed by atoms with Crippen molar-refractivity contribution in [2.75, 3.05) is 12.4 Å². The summed E-state index contributed by atoms with van der Waals surface area (Å²) in [7, 11) is 1.55. The van der Waals surface area contributed by atoms with Crippen molar-refractivity contribution >= 4 is 17.7 Å². The second-order valence-corrected chi connectivity index (χ2v) is 7.24. The molecule has 3 aromatic carbocycles. The highest BCUT2D eigenvalue weighted by atomic mass is 19.1. The number of nitriles is 1. The molecule has 0 aromatic heterocycles. The van der Waals surface area contributed by atoms with Crippen molar-refractivity contribution in [2.45, 2.75) is 20.5 Å². The number of anilines is 1. The maximum atomic E-state index is 13.1. The van der Waals surface area contributed by atoms with Gasteiger partial charge >= 0.3 is 0 Å². The lowest BCUT2D eigenvalue weighted by atomic mass is 10.1. The molecule has 0 aliphatic heterocycles. The molecule has 0 radical (unpaired) electrons. The SMILES string of the molecule is COc1ccc(/C=C(\C#N)C(=O)Nc2ccc(F)cc2)c(OCc2ccc(C)c(C)c2)c1. The number of benzene rings is 3. The lowest BCUT2D eigenvalue weighted by molar-refractivity contribution is -0.112. The van der Waals surface area contributed by atoms with Crippen molar-refractivity contribution < 1.29 is 18.7 Å². The molecule has 0 fully saturated rings. The van der Waals surface area contributed by atoms with E-state index >= 15 is 0 Å². The third-order valence-electron chi connectivity index (χ3n) is 4.95. The van der Waals surface area contributed by atoms with E-state index in [0.29, 0.717) is 29.4 Å². The number of nitrogens with zero attached hydrogens (tertiary/aromatic N) is 1. The van der Waals surface area contributed by atoms with Gasteiger partial charge in [0, 0.05) is 17.3 Å². The van der Waals surface area contributed by atoms with Crippen LogP contribution in [0.25, 0.3) is 6.08 Å². The molecule has 6 heteroatoms. The van der Waals surface area contributed by atoms with Gasteiger partial charge in [-0.05, 0) is 73.0 Å². The van der Waals surface area contributed by atoms with Gasteiger partial charge in [0.2, 0.25) is 0 Å². The lowest BCUT2D eigenvalue weighted by Gasteiger charge is -2.13. The van der Waals surface area contributed by atoms with Crippen LogP contribution in [0.3, 0.4) is 0 Å². The fourth-order valence-corrected chi connectivity index (χ4v) is 2.98. The molecule has 0 saturated heterocycles. The summed E-state index contributed by atoms with van der Waals surface area (Å²) in [5, 5.41) is 12.1. The van der Waals surface area contributed by atoms with Gasteiger partial charge in [-0.1, -0.05) is 18.2 Å². The number of methoxy groups -OCH3 is 1. The third kappa shape index (κ3) is 5.73. The Morgan fingerprint density at radius 1 is 1.06 bits per heavy atom. The average molecular weight is 430 g/mol. The summed E-state index contributed by atoms with van der Waals surface area (Å²) in [5.41, 5.74) is 4.19. The summed E-state index contributed by atoms with van der Waals surface area (Å²) >= 11 is 0. The Labute approximate surface area is 186 Å². The van der Waals surface area contributed by atoms with Gasteiger partial charge in [-0.25, -0.2) is 4.39 Å². The van der Waals surface area contributed by atoms with Crippen molar-refractivity contribution in [3.63, 3.8) is 0 Å². The van der Waals surface area contributed by atoms with Gasteiger partial charge in [0.1, 0.15) is 35.6 Å². The van der Waals surface area contributed by atoms with Crippen LogP contribution >= 0.6 is 0 Å². The summed E-state index contributed by atoms with van der Waals surface area (Å²) in [4.78, 5) is 12.6. The Balaban J connectivity index is 1.85. The van der Waals surface area contributed by atoms with E-state index < -0.39 is 11.7 Å². The van der Waals surface area contributed by atoms with Crippen LogP contribution in [0, 0.1) is 31.0 Å². The van der Waals surface area contributed by atoms with Crippen molar-refractivity contribution in [3.05, 3.63) is 94.3 Å². The normalized spacial score (nSPS) is 10.9. The third-order valence-corrected chi connectivity index (χ3v) is 4.95. The van der Waals surface area contributed by atoms with Crippen molar-refractivity contribution in [3.8, 4) is 17.6 Å². The summed E-state index contributed by atoms with van der Waals surface area (Å²) in [5.74, 6) is 0.0503. The van der Waals surface area contributed by atoms with Crippen LogP contribution in [0.4, 0.5) is 10.1 Å². The van der Waals surface area contributed by atoms with E-state index in [1.54, 1.807) is 25.3 Å². The van der Waals surface area contributed by atoms with Crippen molar-refractivity contribution in [1.29, 1.82) is 5.26 Å². The van der Waals surface area contributed by atoms with E-state index in [2.05, 4.69) is 11.4 Å². The second-order valence-electron chi connectivity index (χ2n) is 7.24. The summed E-state index contributed by atoms with van der Waals surface area (Å²) in [6.45, 7) is 4.40. The zero-order valence-electron chi connectivity index (χ0n) is 18.1. The quantitative estimate of drug-likeness (QED) is 0.393. The highest BCUT2D eigenvalue weighted by molar-refractivity contribution is 6.09. The van der Waals surface area contributed by atoms with Crippen LogP contribution in [0.5, 0.6) is 11.5 Å². The predicted octanol–water partition coefficient (Wildman–Crippen LogP) is 5.58. The maximum absolute atomic E-state index is 13.1. The number of ether oxygens (including phenoxy) is 2. The molecular formula is C26H23FN2O3. The van der Waals surface area contributed by atoms with E-state index in [1.807, 2.05) is 32.0 Å². The largest absolute Gasteiger partial charge is 0.497 e. The van der Waals surface area contributed by atoms with E-state index in [-0.39, 0.29) is 5.57 Å². The van der Waals surface area contributed by atoms with Gasteiger partial charge in [0.15, 0.2) is 0 Å². The number of halogens is 1. The first-order valence-corrected chi connectivity index (χ1v) is 9.95. The minimum Gasteiger partial charge on any atom is -0.497 e. The zero-order chi connectivity index (χ0) is 23.1. The first-order chi connectivity index (χ1) is 15.4. The molecular weight excluding hydrogens is 407 g/mol. The molecule has 0 atom stereocenters. The van der Waals surface area contributed by atoms with E-state index in [9.17, 15) is 14.4 Å². The molecule has 3 rings (SSSR count). The molecule has 162 valence electrons. The Morgan fingerprint density at radius 2 is 1.81 bits per heavy atom. The van der Waals surface area contributed by atoms with Crippen LogP contribution in [-0.2, 0) is 11.4 Å². The highest BCUT2D eigenvalue weighted by Gasteiger charge is 2.13. The number of rotatable bonds is 7. The molecule has 1 amide bonds. The number of aryl methyl sites for hydroxylation is 2. The molecule has 1 N–H and O–H groups in total. The number of carbonyl (C=O) groups is 1. The van der Waals surface area contributed by atoms with E-state index in [4.69, 9.17) is 9.47 Å². The monoisotopic (exact) mass is 430 g/mol. The number of hydrogen-bond acceptors (Lipinski definition) is 4. The molecule has 0 saturated carbocycles. The molecule has 3 aromatic rings. The Hall–Kier alpha value is -4.11. The van der Waals surface area contributed by atoms with Gasteiger partial charge in [0.05, 0.1) is 7.11 Å². The topological polar surface area (TPSA) is 71.3 Å². The van der Waals surface area contributed by atoms with Crippen molar-refractivity contribution in [1.82, 2.24) is 0 Å². The fourth-order valence-electron chi connectivity index (χ4n) is 2.98. The standard InChI is InChI=1S/C26H23FN2O3/c1-17-4-5-19(12-18(17)2)16-32-25-14-24(31-3)11-6-20(25)13-21(15-28)26(30)29-23-9-7-22(27)8-10-23/h4-14H,16H2,1-3H3,(H,29,30)/b21-13+. The minimum absolute atomic E-state index is 0.115. The molecule has 0 bridgehead atoms. The zero-order valence-corrected chi connectivity index (χ0v) is 18.1. The van der Waals surface area contributed by atoms with E-state index in [1.165, 1.54) is 41.5 Å². The maximum Gasteiger partial charge on any atom is 0.266 e. The molecule has 32 heavy (non-hydrogen) atoms. The first kappa shape index (κ1) is 22.6. The van der Waals surface area contributed by atoms with E-state index in [0.717, 1.165) is 5.56 Å². The number of nitrogens with one attached hydrogen (secondary N) is 1.